The number of rotatable bonds is 3. The van der Waals surface area contributed by atoms with E-state index in [0.29, 0.717) is 20.6 Å². The van der Waals surface area contributed by atoms with E-state index in [9.17, 15) is 9.59 Å². The largest absolute Gasteiger partial charge is 0.326 e. The number of amides is 2. The molecule has 0 atom stereocenters. The highest BCUT2D eigenvalue weighted by atomic mass is 32.2. The topological polar surface area (TPSA) is 75.2 Å². The Balaban J connectivity index is 1.65. The Kier molecular flexibility index (Phi) is 4.89. The van der Waals surface area contributed by atoms with E-state index in [4.69, 9.17) is 12.2 Å². The minimum atomic E-state index is -0.192. The summed E-state index contributed by atoms with van der Waals surface area (Å²) >= 11 is 6.67. The third kappa shape index (κ3) is 3.51. The summed E-state index contributed by atoms with van der Waals surface area (Å²) in [6, 6.07) is 12.6. The maximum atomic E-state index is 13.0. The summed E-state index contributed by atoms with van der Waals surface area (Å²) in [6.45, 7) is 1.44. The number of thiocarbonyl (C=S) groups is 1. The Morgan fingerprint density at radius 2 is 1.89 bits per heavy atom. The fourth-order valence-electron chi connectivity index (χ4n) is 2.86. The number of nitrogens with one attached hydrogen (secondary N) is 1. The minimum absolute atomic E-state index is 0.153. The van der Waals surface area contributed by atoms with Gasteiger partial charge in [-0.15, -0.1) is 0 Å². The summed E-state index contributed by atoms with van der Waals surface area (Å²) < 4.78 is 0.454. The van der Waals surface area contributed by atoms with Crippen LogP contribution in [0.4, 0.5) is 11.4 Å². The molecule has 1 aliphatic rings. The molecule has 6 nitrogen and oxygen atoms in total. The zero-order chi connectivity index (χ0) is 19.7. The Hall–Kier alpha value is -3.10. The van der Waals surface area contributed by atoms with Crippen molar-refractivity contribution in [2.45, 2.75) is 6.92 Å². The van der Waals surface area contributed by atoms with Gasteiger partial charge in [0.15, 0.2) is 4.32 Å². The molecule has 3 aromatic rings. The van der Waals surface area contributed by atoms with Crippen molar-refractivity contribution < 1.29 is 9.59 Å². The summed E-state index contributed by atoms with van der Waals surface area (Å²) in [6.07, 6.45) is 5.06. The molecule has 138 valence electrons. The van der Waals surface area contributed by atoms with Crippen molar-refractivity contribution in [2.24, 2.45) is 0 Å². The van der Waals surface area contributed by atoms with Crippen LogP contribution in [-0.4, -0.2) is 26.1 Å². The van der Waals surface area contributed by atoms with E-state index >= 15 is 0 Å². The number of carbonyl (C=O) groups excluding carboxylic acids is 2. The van der Waals surface area contributed by atoms with Crippen LogP contribution in [0.2, 0.25) is 0 Å². The van der Waals surface area contributed by atoms with Crippen molar-refractivity contribution >= 4 is 68.6 Å². The second kappa shape index (κ2) is 7.49. The smallest absolute Gasteiger partial charge is 0.270 e. The van der Waals surface area contributed by atoms with Crippen LogP contribution in [0.25, 0.3) is 17.1 Å². The molecule has 0 unspecified atom stereocenters. The van der Waals surface area contributed by atoms with E-state index in [-0.39, 0.29) is 11.8 Å². The molecule has 0 radical (unpaired) electrons. The van der Waals surface area contributed by atoms with Gasteiger partial charge in [-0.05, 0) is 36.4 Å². The van der Waals surface area contributed by atoms with Crippen molar-refractivity contribution in [3.63, 3.8) is 0 Å². The third-order valence-corrected chi connectivity index (χ3v) is 5.36. The quantitative estimate of drug-likeness (QED) is 0.524. The Labute approximate surface area is 170 Å². The van der Waals surface area contributed by atoms with Gasteiger partial charge in [0.05, 0.1) is 21.6 Å². The summed E-state index contributed by atoms with van der Waals surface area (Å²) in [5.74, 6) is -0.345. The first-order valence-corrected chi connectivity index (χ1v) is 9.61. The highest BCUT2D eigenvalue weighted by Gasteiger charge is 2.33. The average molecular weight is 406 g/mol. The molecule has 2 amide bonds. The van der Waals surface area contributed by atoms with Gasteiger partial charge in [-0.25, -0.2) is 0 Å². The molecular weight excluding hydrogens is 392 g/mol. The molecule has 0 bridgehead atoms. The predicted molar refractivity (Wildman–Crippen MR) is 116 cm³/mol. The molecule has 0 spiro atoms. The van der Waals surface area contributed by atoms with Crippen LogP contribution in [0.5, 0.6) is 0 Å². The van der Waals surface area contributed by atoms with Gasteiger partial charge in [0, 0.05) is 30.6 Å². The first-order chi connectivity index (χ1) is 13.5. The van der Waals surface area contributed by atoms with Gasteiger partial charge in [-0.3, -0.25) is 24.5 Å². The number of thioether (sulfide) groups is 1. The van der Waals surface area contributed by atoms with Gasteiger partial charge in [-0.2, -0.15) is 0 Å². The molecular formula is C20H14N4O2S2. The van der Waals surface area contributed by atoms with Gasteiger partial charge in [0.25, 0.3) is 5.91 Å². The molecule has 2 aromatic carbocycles. The maximum Gasteiger partial charge on any atom is 0.270 e. The second-order valence-electron chi connectivity index (χ2n) is 6.02. The first kappa shape index (κ1) is 18.3. The molecule has 4 rings (SSSR count). The number of para-hydroxylation sites is 1. The zero-order valence-electron chi connectivity index (χ0n) is 14.7. The van der Waals surface area contributed by atoms with Crippen LogP contribution >= 0.6 is 24.0 Å². The molecule has 0 aliphatic carbocycles. The van der Waals surface area contributed by atoms with Crippen molar-refractivity contribution in [1.29, 1.82) is 0 Å². The van der Waals surface area contributed by atoms with Crippen molar-refractivity contribution in [1.82, 2.24) is 9.97 Å². The predicted octanol–water partition coefficient (Wildman–Crippen LogP) is 3.99. The Morgan fingerprint density at radius 3 is 2.64 bits per heavy atom. The Bertz CT molecular complexity index is 1140. The van der Waals surface area contributed by atoms with Crippen LogP contribution in [0.15, 0.2) is 59.8 Å². The average Bonchev–Trinajstić information content (AvgIpc) is 2.96. The lowest BCUT2D eigenvalue weighted by Crippen LogP contribution is -2.27. The molecule has 1 aliphatic heterocycles. The standard InChI is InChI=1S/C20H14N4O2S2/c1-12(25)23-14-5-7-15(8-6-14)24-19(26)17(28-20(24)27)11-13-3-2-4-16-18(13)22-10-9-21-16/h2-11H,1H3,(H,23,25)/b17-11-. The van der Waals surface area contributed by atoms with E-state index < -0.39 is 0 Å². The Morgan fingerprint density at radius 1 is 1.14 bits per heavy atom. The summed E-state index contributed by atoms with van der Waals surface area (Å²) in [5, 5.41) is 2.70. The SMILES string of the molecule is CC(=O)Nc1ccc(N2C(=O)/C(=C/c3cccc4nccnc34)SC2=S)cc1. The van der Waals surface area contributed by atoms with E-state index in [1.54, 1.807) is 42.7 Å². The fourth-order valence-corrected chi connectivity index (χ4v) is 4.15. The number of nitrogens with zero attached hydrogens (tertiary/aromatic N) is 3. The highest BCUT2D eigenvalue weighted by Crippen LogP contribution is 2.36. The van der Waals surface area contributed by atoms with E-state index in [1.807, 2.05) is 18.2 Å². The summed E-state index contributed by atoms with van der Waals surface area (Å²) in [4.78, 5) is 34.8. The van der Waals surface area contributed by atoms with Gasteiger partial charge >= 0.3 is 0 Å². The lowest BCUT2D eigenvalue weighted by molar-refractivity contribution is -0.114. The molecule has 1 saturated heterocycles. The zero-order valence-corrected chi connectivity index (χ0v) is 16.4. The van der Waals surface area contributed by atoms with Gasteiger partial charge in [0.2, 0.25) is 5.91 Å². The van der Waals surface area contributed by atoms with Crippen LogP contribution in [-0.2, 0) is 9.59 Å². The number of anilines is 2. The summed E-state index contributed by atoms with van der Waals surface area (Å²) in [5.41, 5.74) is 3.62. The highest BCUT2D eigenvalue weighted by molar-refractivity contribution is 8.27. The van der Waals surface area contributed by atoms with Crippen molar-refractivity contribution in [3.05, 3.63) is 65.3 Å². The molecule has 2 heterocycles. The number of fused-ring (bicyclic) bond motifs is 1. The van der Waals surface area contributed by atoms with Crippen molar-refractivity contribution in [3.8, 4) is 0 Å². The van der Waals surface area contributed by atoms with Gasteiger partial charge in [0.1, 0.15) is 0 Å². The molecule has 0 saturated carbocycles. The van der Waals surface area contributed by atoms with Crippen LogP contribution < -0.4 is 10.2 Å². The monoisotopic (exact) mass is 406 g/mol. The number of hydrogen-bond donors (Lipinski definition) is 1. The van der Waals surface area contributed by atoms with Gasteiger partial charge < -0.3 is 5.32 Å². The number of hydrogen-bond acceptors (Lipinski definition) is 6. The van der Waals surface area contributed by atoms with Crippen LogP contribution in [0.1, 0.15) is 12.5 Å². The number of aromatic nitrogens is 2. The molecule has 8 heteroatoms. The normalized spacial score (nSPS) is 15.5. The van der Waals surface area contributed by atoms with E-state index in [0.717, 1.165) is 16.6 Å². The maximum absolute atomic E-state index is 13.0. The molecule has 1 aromatic heterocycles. The second-order valence-corrected chi connectivity index (χ2v) is 7.69. The van der Waals surface area contributed by atoms with Crippen LogP contribution in [0.3, 0.4) is 0 Å². The fraction of sp³-hybridized carbons (Fsp3) is 0.0500. The van der Waals surface area contributed by atoms with E-state index in [2.05, 4.69) is 15.3 Å². The van der Waals surface area contributed by atoms with Crippen molar-refractivity contribution in [2.75, 3.05) is 10.2 Å². The van der Waals surface area contributed by atoms with Crippen LogP contribution in [0, 0.1) is 0 Å². The third-order valence-electron chi connectivity index (χ3n) is 4.06. The molecule has 1 N–H and O–H groups in total. The van der Waals surface area contributed by atoms with E-state index in [1.165, 1.54) is 23.6 Å². The summed E-state index contributed by atoms with van der Waals surface area (Å²) in [7, 11) is 0. The number of carbonyl (C=O) groups is 2. The minimum Gasteiger partial charge on any atom is -0.326 e. The number of benzene rings is 2. The lowest BCUT2D eigenvalue weighted by Gasteiger charge is -2.15. The lowest BCUT2D eigenvalue weighted by atomic mass is 10.1. The molecule has 1 fully saturated rings. The first-order valence-electron chi connectivity index (χ1n) is 8.38. The van der Waals surface area contributed by atoms with Gasteiger partial charge in [-0.1, -0.05) is 36.1 Å². The molecule has 28 heavy (non-hydrogen) atoms.